The van der Waals surface area contributed by atoms with E-state index in [-0.39, 0.29) is 16.9 Å². The number of rotatable bonds is 5. The van der Waals surface area contributed by atoms with Gasteiger partial charge in [0.05, 0.1) is 0 Å². The highest BCUT2D eigenvalue weighted by atomic mass is 79.9. The molecule has 1 rings (SSSR count). The van der Waals surface area contributed by atoms with E-state index < -0.39 is 15.8 Å². The molecule has 3 nitrogen and oxygen atoms in total. The van der Waals surface area contributed by atoms with Gasteiger partial charge in [-0.2, -0.15) is 0 Å². The number of benzene rings is 1. The lowest BCUT2D eigenvalue weighted by Crippen LogP contribution is -2.37. The molecule has 2 atom stereocenters. The third kappa shape index (κ3) is 3.76. The van der Waals surface area contributed by atoms with Crippen molar-refractivity contribution in [3.8, 4) is 0 Å². The van der Waals surface area contributed by atoms with Crippen molar-refractivity contribution in [1.82, 2.24) is 4.72 Å². The summed E-state index contributed by atoms with van der Waals surface area (Å²) in [4.78, 5) is -0.311. The van der Waals surface area contributed by atoms with Crippen LogP contribution in [0.4, 0.5) is 4.39 Å². The fourth-order valence-corrected chi connectivity index (χ4v) is 3.21. The summed E-state index contributed by atoms with van der Waals surface area (Å²) in [6.07, 6.45) is 0. The minimum atomic E-state index is -3.79. The first-order valence-corrected chi connectivity index (χ1v) is 7.81. The maximum atomic E-state index is 13.4. The Labute approximate surface area is 110 Å². The molecule has 0 fully saturated rings. The molecule has 2 unspecified atom stereocenters. The van der Waals surface area contributed by atoms with Gasteiger partial charge in [0.1, 0.15) is 10.7 Å². The first-order chi connectivity index (χ1) is 7.88. The topological polar surface area (TPSA) is 46.2 Å². The molecule has 0 amide bonds. The molecule has 1 aromatic carbocycles. The van der Waals surface area contributed by atoms with E-state index in [2.05, 4.69) is 20.7 Å². The van der Waals surface area contributed by atoms with Gasteiger partial charge in [-0.05, 0) is 25.0 Å². The molecule has 0 saturated heterocycles. The van der Waals surface area contributed by atoms with Crippen molar-refractivity contribution in [2.45, 2.75) is 24.8 Å². The highest BCUT2D eigenvalue weighted by Crippen LogP contribution is 2.15. The highest BCUT2D eigenvalue weighted by molar-refractivity contribution is 9.09. The van der Waals surface area contributed by atoms with Crippen LogP contribution in [0.5, 0.6) is 0 Å². The summed E-state index contributed by atoms with van der Waals surface area (Å²) in [5.41, 5.74) is 0. The minimum Gasteiger partial charge on any atom is -0.208 e. The molecule has 0 aromatic heterocycles. The summed E-state index contributed by atoms with van der Waals surface area (Å²) >= 11 is 3.28. The molecule has 0 bridgehead atoms. The SMILES string of the molecule is CC(CBr)C(C)NS(=O)(=O)c1ccccc1F. The van der Waals surface area contributed by atoms with Crippen molar-refractivity contribution in [3.63, 3.8) is 0 Å². The summed E-state index contributed by atoms with van der Waals surface area (Å²) in [6.45, 7) is 3.66. The first kappa shape index (κ1) is 14.6. The predicted molar refractivity (Wildman–Crippen MR) is 69.1 cm³/mol. The number of halogens is 2. The Morgan fingerprint density at radius 2 is 1.94 bits per heavy atom. The van der Waals surface area contributed by atoms with Crippen LogP contribution in [0.3, 0.4) is 0 Å². The molecule has 0 saturated carbocycles. The largest absolute Gasteiger partial charge is 0.243 e. The second-order valence-electron chi connectivity index (χ2n) is 3.97. The van der Waals surface area contributed by atoms with Crippen LogP contribution in [-0.4, -0.2) is 19.8 Å². The lowest BCUT2D eigenvalue weighted by molar-refractivity contribution is 0.480. The van der Waals surface area contributed by atoms with Crippen LogP contribution in [0.1, 0.15) is 13.8 Å². The van der Waals surface area contributed by atoms with Gasteiger partial charge in [0.15, 0.2) is 0 Å². The monoisotopic (exact) mass is 323 g/mol. The second-order valence-corrected chi connectivity index (χ2v) is 6.30. The van der Waals surface area contributed by atoms with E-state index in [9.17, 15) is 12.8 Å². The van der Waals surface area contributed by atoms with Gasteiger partial charge in [-0.25, -0.2) is 17.5 Å². The summed E-state index contributed by atoms with van der Waals surface area (Å²) in [7, 11) is -3.79. The van der Waals surface area contributed by atoms with Gasteiger partial charge < -0.3 is 0 Å². The molecule has 96 valence electrons. The molecule has 0 heterocycles. The van der Waals surface area contributed by atoms with E-state index in [0.717, 1.165) is 6.07 Å². The predicted octanol–water partition coefficient (Wildman–Crippen LogP) is 2.52. The Morgan fingerprint density at radius 3 is 2.47 bits per heavy atom. The average molecular weight is 324 g/mol. The first-order valence-electron chi connectivity index (χ1n) is 5.21. The Hall–Kier alpha value is -0.460. The van der Waals surface area contributed by atoms with Crippen molar-refractivity contribution < 1.29 is 12.8 Å². The van der Waals surface area contributed by atoms with E-state index >= 15 is 0 Å². The molecule has 0 radical (unpaired) electrons. The zero-order chi connectivity index (χ0) is 13.1. The van der Waals surface area contributed by atoms with Crippen LogP contribution >= 0.6 is 15.9 Å². The molecule has 0 spiro atoms. The van der Waals surface area contributed by atoms with Crippen LogP contribution in [0.15, 0.2) is 29.2 Å². The standard InChI is InChI=1S/C11H15BrFNO2S/c1-8(7-12)9(2)14-17(15,16)11-6-4-3-5-10(11)13/h3-6,8-9,14H,7H2,1-2H3. The average Bonchev–Trinajstić information content (AvgIpc) is 2.27. The lowest BCUT2D eigenvalue weighted by Gasteiger charge is -2.19. The molecule has 0 aliphatic heterocycles. The van der Waals surface area contributed by atoms with Gasteiger partial charge >= 0.3 is 0 Å². The molecule has 6 heteroatoms. The quantitative estimate of drug-likeness (QED) is 0.846. The van der Waals surface area contributed by atoms with Gasteiger partial charge in [-0.15, -0.1) is 0 Å². The van der Waals surface area contributed by atoms with Crippen LogP contribution in [-0.2, 0) is 10.0 Å². The third-order valence-electron chi connectivity index (χ3n) is 2.56. The van der Waals surface area contributed by atoms with E-state index in [4.69, 9.17) is 0 Å². The van der Waals surface area contributed by atoms with Gasteiger partial charge in [0.25, 0.3) is 0 Å². The van der Waals surface area contributed by atoms with E-state index in [1.54, 1.807) is 6.92 Å². The van der Waals surface area contributed by atoms with E-state index in [1.807, 2.05) is 6.92 Å². The Bertz CT molecular complexity index is 478. The van der Waals surface area contributed by atoms with E-state index in [0.29, 0.717) is 5.33 Å². The number of alkyl halides is 1. The molecule has 1 N–H and O–H groups in total. The number of sulfonamides is 1. The van der Waals surface area contributed by atoms with Crippen LogP contribution in [0.2, 0.25) is 0 Å². The van der Waals surface area contributed by atoms with Gasteiger partial charge in [0.2, 0.25) is 10.0 Å². The maximum Gasteiger partial charge on any atom is 0.243 e. The molecular formula is C11H15BrFNO2S. The third-order valence-corrected chi connectivity index (χ3v) is 5.18. The van der Waals surface area contributed by atoms with Crippen molar-refractivity contribution in [2.75, 3.05) is 5.33 Å². The van der Waals surface area contributed by atoms with Crippen molar-refractivity contribution in [3.05, 3.63) is 30.1 Å². The fourth-order valence-electron chi connectivity index (χ4n) is 1.22. The highest BCUT2D eigenvalue weighted by Gasteiger charge is 2.23. The summed E-state index contributed by atoms with van der Waals surface area (Å²) < 4.78 is 39.7. The zero-order valence-electron chi connectivity index (χ0n) is 9.65. The number of nitrogens with one attached hydrogen (secondary N) is 1. The lowest BCUT2D eigenvalue weighted by atomic mass is 10.1. The summed E-state index contributed by atoms with van der Waals surface area (Å²) in [5.74, 6) is -0.616. The molecule has 0 aliphatic carbocycles. The molecular weight excluding hydrogens is 309 g/mol. The Balaban J connectivity index is 2.94. The van der Waals surface area contributed by atoms with Gasteiger partial charge in [0, 0.05) is 11.4 Å². The minimum absolute atomic E-state index is 0.122. The second kappa shape index (κ2) is 5.93. The van der Waals surface area contributed by atoms with Crippen LogP contribution < -0.4 is 4.72 Å². The van der Waals surface area contributed by atoms with Crippen LogP contribution in [0.25, 0.3) is 0 Å². The smallest absolute Gasteiger partial charge is 0.208 e. The zero-order valence-corrected chi connectivity index (χ0v) is 12.1. The number of hydrogen-bond acceptors (Lipinski definition) is 2. The van der Waals surface area contributed by atoms with Gasteiger partial charge in [-0.1, -0.05) is 35.0 Å². The fraction of sp³-hybridized carbons (Fsp3) is 0.455. The Morgan fingerprint density at radius 1 is 1.35 bits per heavy atom. The van der Waals surface area contributed by atoms with Crippen molar-refractivity contribution in [1.29, 1.82) is 0 Å². The van der Waals surface area contributed by atoms with Crippen molar-refractivity contribution in [2.24, 2.45) is 5.92 Å². The van der Waals surface area contributed by atoms with Gasteiger partial charge in [-0.3, -0.25) is 0 Å². The molecule has 1 aromatic rings. The molecule has 17 heavy (non-hydrogen) atoms. The maximum absolute atomic E-state index is 13.4. The van der Waals surface area contributed by atoms with E-state index in [1.165, 1.54) is 18.2 Å². The summed E-state index contributed by atoms with van der Waals surface area (Å²) in [6, 6.07) is 5.07. The molecule has 0 aliphatic rings. The Kier molecular flexibility index (Phi) is 5.09. The van der Waals surface area contributed by atoms with Crippen LogP contribution in [0, 0.1) is 11.7 Å². The van der Waals surface area contributed by atoms with Crippen molar-refractivity contribution >= 4 is 26.0 Å². The normalized spacial score (nSPS) is 15.5. The number of hydrogen-bond donors (Lipinski definition) is 1. The summed E-state index contributed by atoms with van der Waals surface area (Å²) in [5, 5.41) is 0.675.